The van der Waals surface area contributed by atoms with Gasteiger partial charge in [-0.05, 0) is 131 Å². The Morgan fingerprint density at radius 1 is 0.819 bits per heavy atom. The van der Waals surface area contributed by atoms with Gasteiger partial charge in [-0.15, -0.1) is 0 Å². The number of benzene rings is 5. The van der Waals surface area contributed by atoms with Gasteiger partial charge in [0.05, 0.1) is 34.8 Å². The third kappa shape index (κ3) is 12.2. The molecule has 2 unspecified atom stereocenters. The van der Waals surface area contributed by atoms with Crippen molar-refractivity contribution in [1.82, 2.24) is 30.2 Å². The molecular formula is C72H75N7O14S. The number of aromatic nitrogens is 2. The fourth-order valence-electron chi connectivity index (χ4n) is 14.7. The number of hydrogen-bond acceptors (Lipinski definition) is 14. The molecular weight excluding hydrogens is 1220 g/mol. The van der Waals surface area contributed by atoms with E-state index in [1.54, 1.807) is 79.9 Å². The van der Waals surface area contributed by atoms with Crippen LogP contribution in [0.2, 0.25) is 0 Å². The molecule has 21 nitrogen and oxygen atoms in total. The molecule has 4 heterocycles. The maximum absolute atomic E-state index is 14.7. The number of nitrogens with zero attached hydrogens (tertiary/aromatic N) is 2. The highest BCUT2D eigenvalue weighted by Crippen LogP contribution is 2.64. The number of esters is 2. The number of urea groups is 1. The van der Waals surface area contributed by atoms with E-state index in [1.165, 1.54) is 0 Å². The minimum absolute atomic E-state index is 0.0273. The molecule has 2 aromatic heterocycles. The molecule has 5 aromatic carbocycles. The lowest BCUT2D eigenvalue weighted by molar-refractivity contribution is -0.191. The zero-order chi connectivity index (χ0) is 66.4. The van der Waals surface area contributed by atoms with Crippen molar-refractivity contribution in [3.8, 4) is 33.6 Å². The van der Waals surface area contributed by atoms with Gasteiger partial charge < -0.3 is 45.2 Å². The number of carbonyl (C=O) groups excluding carboxylic acids is 6. The monoisotopic (exact) mass is 1290 g/mol. The minimum atomic E-state index is -4.20. The van der Waals surface area contributed by atoms with Crippen molar-refractivity contribution in [2.24, 2.45) is 22.7 Å². The Kier molecular flexibility index (Phi) is 17.7. The Labute approximate surface area is 543 Å². The number of carbonyl (C=O) groups is 7. The number of sulfonamides is 1. The summed E-state index contributed by atoms with van der Waals surface area (Å²) in [4.78, 5) is 116. The summed E-state index contributed by atoms with van der Waals surface area (Å²) >= 11 is 0. The van der Waals surface area contributed by atoms with Crippen LogP contribution >= 0.6 is 0 Å². The van der Waals surface area contributed by atoms with E-state index in [1.807, 2.05) is 92.7 Å². The van der Waals surface area contributed by atoms with Gasteiger partial charge in [-0.2, -0.15) is 0 Å². The number of hydrogen-bond donors (Lipinski definition) is 6. The number of Topliss-reactive ketones (excluding diaryl/α,β-unsaturated/α-hetero) is 1. The Morgan fingerprint density at radius 3 is 2.21 bits per heavy atom. The van der Waals surface area contributed by atoms with Crippen molar-refractivity contribution in [3.63, 3.8) is 0 Å². The Morgan fingerprint density at radius 2 is 1.53 bits per heavy atom. The van der Waals surface area contributed by atoms with Gasteiger partial charge in [-0.3, -0.25) is 19.2 Å². The second-order valence-corrected chi connectivity index (χ2v) is 28.0. The van der Waals surface area contributed by atoms with Crippen molar-refractivity contribution in [3.05, 3.63) is 177 Å². The van der Waals surface area contributed by atoms with Gasteiger partial charge in [0.25, 0.3) is 5.56 Å². The van der Waals surface area contributed by atoms with Gasteiger partial charge in [-0.1, -0.05) is 138 Å². The summed E-state index contributed by atoms with van der Waals surface area (Å²) in [6.45, 7) is 8.98. The lowest BCUT2D eigenvalue weighted by Gasteiger charge is -2.37. The molecule has 2 fully saturated rings. The highest BCUT2D eigenvalue weighted by Gasteiger charge is 2.65. The number of ketones is 1. The highest BCUT2D eigenvalue weighted by molar-refractivity contribution is 7.89. The third-order valence-electron chi connectivity index (χ3n) is 20.1. The van der Waals surface area contributed by atoms with Crippen LogP contribution in [0, 0.1) is 22.7 Å². The number of nitrogens with one attached hydrogen (secondary N) is 5. The summed E-state index contributed by atoms with van der Waals surface area (Å²) in [5, 5.41) is 22.2. The number of fused-ring (bicyclic) bond motifs is 10. The average molecular weight is 1290 g/mol. The van der Waals surface area contributed by atoms with Crippen LogP contribution in [0.1, 0.15) is 119 Å². The van der Waals surface area contributed by atoms with Crippen LogP contribution in [-0.2, 0) is 73.4 Å². The van der Waals surface area contributed by atoms with Gasteiger partial charge in [0.15, 0.2) is 0 Å². The van der Waals surface area contributed by atoms with E-state index in [-0.39, 0.29) is 74.3 Å². The molecule has 2 aliphatic heterocycles. The molecule has 4 amide bonds. The smallest absolute Gasteiger partial charge is 0.407 e. The number of rotatable bonds is 23. The number of alkyl carbamates (subject to hydrolysis) is 1. The third-order valence-corrected chi connectivity index (χ3v) is 21.6. The van der Waals surface area contributed by atoms with Crippen molar-refractivity contribution in [1.29, 1.82) is 0 Å². The molecule has 0 spiro atoms. The number of cyclic esters (lactones) is 1. The van der Waals surface area contributed by atoms with Crippen LogP contribution < -0.4 is 31.5 Å². The maximum Gasteiger partial charge on any atom is 0.407 e. The molecule has 7 aromatic rings. The number of carboxylic acids is 1. The van der Waals surface area contributed by atoms with E-state index < -0.39 is 97.7 Å². The Hall–Kier alpha value is -9.54. The Balaban J connectivity index is 0.726. The van der Waals surface area contributed by atoms with Crippen LogP contribution in [-0.4, -0.2) is 102 Å². The summed E-state index contributed by atoms with van der Waals surface area (Å²) in [5.74, 6) is -5.27. The number of carboxylic acid groups (broad SMARTS) is 1. The standard InChI is InChI=1S/C72H75N7O14S/c1-6-72(55-36-59-62-46(33-45-16-7-12-23-56(45)75-62)37-79(59)64(82)54(55)39-91-67(72)86)93-66(85)61(41(2)3)77-63(81)57(24-13-14-31-73-69(88)92-38-53-51-21-10-8-19-49(51)50-20-9-11-22-52(50)53)76-68(87)74-48-18-15-17-44(34-48)43-27-25-42(26-28-43)32-58(65(83)84)78-94(89,90)40-71-30-29-47(35-60(71)80)70(71,4)5/h7-12,15-23,25-28,33-34,36,41,47,53,57-58,61,78H,6,13-14,24,29-32,35,37-40H2,1-5H3,(H,73,88)(H,77,81)(H,83,84)(H2,74,76,87)/t47?,57-,58-,61-,71?,72-/m0/s1. The molecule has 2 saturated carbocycles. The largest absolute Gasteiger partial charge is 0.480 e. The van der Waals surface area contributed by atoms with E-state index in [9.17, 15) is 51.9 Å². The second kappa shape index (κ2) is 25.7. The molecule has 488 valence electrons. The van der Waals surface area contributed by atoms with Gasteiger partial charge in [-0.25, -0.2) is 37.3 Å². The quantitative estimate of drug-likeness (QED) is 0.0197. The van der Waals surface area contributed by atoms with E-state index in [4.69, 9.17) is 19.2 Å². The van der Waals surface area contributed by atoms with Gasteiger partial charge in [0, 0.05) is 46.5 Å². The number of pyridine rings is 2. The van der Waals surface area contributed by atoms with Gasteiger partial charge in [0.2, 0.25) is 21.5 Å². The molecule has 3 aliphatic carbocycles. The van der Waals surface area contributed by atoms with Crippen LogP contribution in [0.3, 0.4) is 0 Å². The number of para-hydroxylation sites is 1. The lowest BCUT2D eigenvalue weighted by Crippen LogP contribution is -2.56. The summed E-state index contributed by atoms with van der Waals surface area (Å²) in [6, 6.07) is 35.9. The zero-order valence-electron chi connectivity index (χ0n) is 52.9. The van der Waals surface area contributed by atoms with E-state index >= 15 is 0 Å². The summed E-state index contributed by atoms with van der Waals surface area (Å²) in [6.07, 6.45) is 1.25. The summed E-state index contributed by atoms with van der Waals surface area (Å²) in [7, 11) is -4.20. The molecule has 6 atom stereocenters. The van der Waals surface area contributed by atoms with Crippen LogP contribution in [0.5, 0.6) is 0 Å². The Bertz CT molecular complexity index is 4350. The van der Waals surface area contributed by atoms with Crippen molar-refractivity contribution >= 4 is 68.3 Å². The van der Waals surface area contributed by atoms with E-state index in [2.05, 4.69) is 26.0 Å². The molecule has 0 radical (unpaired) electrons. The highest BCUT2D eigenvalue weighted by atomic mass is 32.2. The zero-order valence-corrected chi connectivity index (χ0v) is 53.7. The first-order valence-electron chi connectivity index (χ1n) is 32.0. The first kappa shape index (κ1) is 64.6. The predicted molar refractivity (Wildman–Crippen MR) is 351 cm³/mol. The molecule has 22 heteroatoms. The lowest BCUT2D eigenvalue weighted by atomic mass is 9.70. The average Bonchev–Trinajstić information content (AvgIpc) is 1.52. The van der Waals surface area contributed by atoms with Crippen molar-refractivity contribution < 1.29 is 61.3 Å². The molecule has 12 rings (SSSR count). The fourth-order valence-corrected chi connectivity index (χ4v) is 16.7. The van der Waals surface area contributed by atoms with Crippen molar-refractivity contribution in [2.45, 2.75) is 129 Å². The van der Waals surface area contributed by atoms with E-state index in [0.29, 0.717) is 65.0 Å². The molecule has 6 N–H and O–H groups in total. The number of ether oxygens (including phenoxy) is 3. The minimum Gasteiger partial charge on any atom is -0.480 e. The van der Waals surface area contributed by atoms with E-state index in [0.717, 1.165) is 39.6 Å². The van der Waals surface area contributed by atoms with Gasteiger partial charge in [0.1, 0.15) is 37.1 Å². The van der Waals surface area contributed by atoms with Gasteiger partial charge >= 0.3 is 30.0 Å². The predicted octanol–water partition coefficient (Wildman–Crippen LogP) is 9.65. The van der Waals surface area contributed by atoms with Crippen LogP contribution in [0.25, 0.3) is 44.5 Å². The maximum atomic E-state index is 14.7. The van der Waals surface area contributed by atoms with Crippen LogP contribution in [0.15, 0.2) is 138 Å². The summed E-state index contributed by atoms with van der Waals surface area (Å²) < 4.78 is 48.7. The number of unbranched alkanes of at least 4 members (excludes halogenated alkanes) is 1. The molecule has 0 saturated heterocycles. The first-order chi connectivity index (χ1) is 45.0. The number of anilines is 1. The number of aliphatic carboxylic acids is 1. The van der Waals surface area contributed by atoms with Crippen LogP contribution in [0.4, 0.5) is 15.3 Å². The number of amides is 4. The first-order valence-corrected chi connectivity index (χ1v) is 33.6. The topological polar surface area (TPSA) is 297 Å². The molecule has 94 heavy (non-hydrogen) atoms. The molecule has 5 aliphatic rings. The molecule has 2 bridgehead atoms. The normalized spacial score (nSPS) is 19.8. The second-order valence-electron chi connectivity index (χ2n) is 26.2. The SMILES string of the molecule is CC[C@@]1(OC(=O)[C@@H](NC(=O)[C@H](CCCCNC(=O)OCC2c3ccccc3-c3ccccc32)NC(=O)Nc2cccc(-c3ccc(C[C@H](NS(=O)(=O)CC45CCC(CC4=O)C5(C)C)C(=O)O)cc3)c2)C(C)C)C(=O)OCc2c1cc1n(c2=O)Cc2cc3ccccc3nc2-1. The fraction of sp³-hybridized carbons (Fsp3) is 0.375. The van der Waals surface area contributed by atoms with Crippen molar-refractivity contribution in [2.75, 3.05) is 24.2 Å². The summed E-state index contributed by atoms with van der Waals surface area (Å²) in [5.41, 5.74) is 5.20.